The van der Waals surface area contributed by atoms with Crippen molar-refractivity contribution in [2.45, 2.75) is 0 Å². The standard InChI is InChI=1S/C16H14FN5O/c1-23-15-6-5-11(8-13(15)17)10-3-2-4-12(7-10)21-22-14(9-18)16(19)20/h2-8,21H,1H3,(H3,19,20)/b22-14+. The summed E-state index contributed by atoms with van der Waals surface area (Å²) in [5.41, 5.74) is 9.65. The zero-order chi connectivity index (χ0) is 16.8. The van der Waals surface area contributed by atoms with Gasteiger partial charge in [0.25, 0.3) is 0 Å². The largest absolute Gasteiger partial charge is 0.494 e. The molecule has 0 spiro atoms. The van der Waals surface area contributed by atoms with Gasteiger partial charge in [-0.2, -0.15) is 10.4 Å². The summed E-state index contributed by atoms with van der Waals surface area (Å²) in [5, 5.41) is 19.7. The van der Waals surface area contributed by atoms with Crippen LogP contribution < -0.4 is 15.9 Å². The highest BCUT2D eigenvalue weighted by atomic mass is 19.1. The summed E-state index contributed by atoms with van der Waals surface area (Å²) < 4.78 is 18.7. The molecule has 0 aliphatic carbocycles. The van der Waals surface area contributed by atoms with Crippen LogP contribution in [-0.2, 0) is 0 Å². The van der Waals surface area contributed by atoms with Crippen LogP contribution in [-0.4, -0.2) is 18.7 Å². The molecule has 0 heterocycles. The zero-order valence-electron chi connectivity index (χ0n) is 12.3. The Morgan fingerprint density at radius 3 is 2.65 bits per heavy atom. The SMILES string of the molecule is COc1ccc(-c2cccc(N/N=C(\C#N)C(=N)N)c2)cc1F. The summed E-state index contributed by atoms with van der Waals surface area (Å²) in [6, 6.07) is 13.4. The highest BCUT2D eigenvalue weighted by molar-refractivity contribution is 6.45. The number of nitriles is 1. The molecule has 0 atom stereocenters. The van der Waals surface area contributed by atoms with Gasteiger partial charge in [-0.05, 0) is 35.4 Å². The Hall–Kier alpha value is -3.40. The molecule has 0 saturated heterocycles. The van der Waals surface area contributed by atoms with E-state index >= 15 is 0 Å². The van der Waals surface area contributed by atoms with Crippen molar-refractivity contribution in [2.75, 3.05) is 12.5 Å². The van der Waals surface area contributed by atoms with Gasteiger partial charge >= 0.3 is 0 Å². The van der Waals surface area contributed by atoms with Crippen molar-refractivity contribution in [2.24, 2.45) is 10.8 Å². The Labute approximate surface area is 132 Å². The topological polar surface area (TPSA) is 107 Å². The number of ether oxygens (including phenoxy) is 1. The molecule has 2 aromatic carbocycles. The van der Waals surface area contributed by atoms with Crippen LogP contribution in [0, 0.1) is 22.6 Å². The normalized spacial score (nSPS) is 10.7. The van der Waals surface area contributed by atoms with Gasteiger partial charge in [-0.3, -0.25) is 10.8 Å². The Morgan fingerprint density at radius 1 is 1.30 bits per heavy atom. The van der Waals surface area contributed by atoms with E-state index in [4.69, 9.17) is 21.1 Å². The van der Waals surface area contributed by atoms with Crippen molar-refractivity contribution in [3.8, 4) is 22.9 Å². The van der Waals surface area contributed by atoms with E-state index in [1.165, 1.54) is 13.2 Å². The molecule has 6 nitrogen and oxygen atoms in total. The molecule has 0 aromatic heterocycles. The number of amidine groups is 1. The van der Waals surface area contributed by atoms with Crippen LogP contribution >= 0.6 is 0 Å². The second-order valence-corrected chi connectivity index (χ2v) is 4.53. The predicted octanol–water partition coefficient (Wildman–Crippen LogP) is 2.73. The summed E-state index contributed by atoms with van der Waals surface area (Å²) in [6.45, 7) is 0. The van der Waals surface area contributed by atoms with Gasteiger partial charge in [0.15, 0.2) is 17.4 Å². The third-order valence-electron chi connectivity index (χ3n) is 3.01. The van der Waals surface area contributed by atoms with Crippen LogP contribution in [0.4, 0.5) is 10.1 Å². The fourth-order valence-corrected chi connectivity index (χ4v) is 1.88. The van der Waals surface area contributed by atoms with E-state index < -0.39 is 11.7 Å². The molecule has 0 unspecified atom stereocenters. The predicted molar refractivity (Wildman–Crippen MR) is 87.0 cm³/mol. The molecule has 0 amide bonds. The highest BCUT2D eigenvalue weighted by Gasteiger charge is 2.06. The van der Waals surface area contributed by atoms with Crippen LogP contribution in [0.2, 0.25) is 0 Å². The molecule has 0 fully saturated rings. The van der Waals surface area contributed by atoms with E-state index in [0.29, 0.717) is 11.3 Å². The Kier molecular flexibility index (Phi) is 4.89. The average Bonchev–Trinajstić information content (AvgIpc) is 2.55. The molecule has 116 valence electrons. The van der Waals surface area contributed by atoms with Gasteiger partial charge < -0.3 is 10.5 Å². The third-order valence-corrected chi connectivity index (χ3v) is 3.01. The number of hydrogen-bond donors (Lipinski definition) is 3. The molecule has 0 saturated carbocycles. The molecule has 4 N–H and O–H groups in total. The van der Waals surface area contributed by atoms with Crippen LogP contribution in [0.25, 0.3) is 11.1 Å². The Bertz CT molecular complexity index is 810. The third kappa shape index (κ3) is 3.83. The highest BCUT2D eigenvalue weighted by Crippen LogP contribution is 2.27. The molecule has 0 aliphatic rings. The lowest BCUT2D eigenvalue weighted by Crippen LogP contribution is -2.21. The molecule has 2 rings (SSSR count). The second kappa shape index (κ2) is 7.04. The molecule has 23 heavy (non-hydrogen) atoms. The van der Waals surface area contributed by atoms with E-state index in [9.17, 15) is 4.39 Å². The molecular formula is C16H14FN5O. The van der Waals surface area contributed by atoms with E-state index in [-0.39, 0.29) is 11.5 Å². The van der Waals surface area contributed by atoms with Gasteiger partial charge in [-0.1, -0.05) is 18.2 Å². The molecule has 0 radical (unpaired) electrons. The molecule has 0 aliphatic heterocycles. The lowest BCUT2D eigenvalue weighted by atomic mass is 10.0. The van der Waals surface area contributed by atoms with E-state index in [2.05, 4.69) is 10.5 Å². The number of anilines is 1. The maximum absolute atomic E-state index is 13.8. The van der Waals surface area contributed by atoms with Crippen LogP contribution in [0.1, 0.15) is 0 Å². The number of halogens is 1. The number of methoxy groups -OCH3 is 1. The fourth-order valence-electron chi connectivity index (χ4n) is 1.88. The average molecular weight is 311 g/mol. The molecular weight excluding hydrogens is 297 g/mol. The summed E-state index contributed by atoms with van der Waals surface area (Å²) in [7, 11) is 1.41. The number of hydrogen-bond acceptors (Lipinski definition) is 5. The van der Waals surface area contributed by atoms with Crippen molar-refractivity contribution < 1.29 is 9.13 Å². The maximum Gasteiger partial charge on any atom is 0.201 e. The number of nitrogens with two attached hydrogens (primary N) is 1. The first kappa shape index (κ1) is 16.0. The van der Waals surface area contributed by atoms with Crippen LogP contribution in [0.15, 0.2) is 47.6 Å². The quantitative estimate of drug-likeness (QED) is 0.448. The zero-order valence-corrected chi connectivity index (χ0v) is 12.3. The van der Waals surface area contributed by atoms with E-state index in [1.807, 2.05) is 6.07 Å². The smallest absolute Gasteiger partial charge is 0.201 e. The van der Waals surface area contributed by atoms with Crippen molar-refractivity contribution in [1.29, 1.82) is 10.7 Å². The van der Waals surface area contributed by atoms with Crippen LogP contribution in [0.3, 0.4) is 0 Å². The van der Waals surface area contributed by atoms with E-state index in [0.717, 1.165) is 5.56 Å². The monoisotopic (exact) mass is 311 g/mol. The number of nitrogens with one attached hydrogen (secondary N) is 2. The maximum atomic E-state index is 13.8. The number of benzene rings is 2. The molecule has 0 bridgehead atoms. The first-order valence-electron chi connectivity index (χ1n) is 6.57. The summed E-state index contributed by atoms with van der Waals surface area (Å²) in [4.78, 5) is 0. The van der Waals surface area contributed by atoms with Gasteiger partial charge in [0.1, 0.15) is 6.07 Å². The summed E-state index contributed by atoms with van der Waals surface area (Å²) in [6.07, 6.45) is 0. The van der Waals surface area contributed by atoms with Crippen molar-refractivity contribution in [1.82, 2.24) is 0 Å². The Balaban J connectivity index is 2.28. The number of hydrazone groups is 1. The van der Waals surface area contributed by atoms with Crippen LogP contribution in [0.5, 0.6) is 5.75 Å². The molecule has 2 aromatic rings. The number of rotatable bonds is 5. The minimum Gasteiger partial charge on any atom is -0.494 e. The van der Waals surface area contributed by atoms with Gasteiger partial charge in [-0.25, -0.2) is 4.39 Å². The van der Waals surface area contributed by atoms with Crippen molar-refractivity contribution in [3.05, 3.63) is 48.3 Å². The van der Waals surface area contributed by atoms with Gasteiger partial charge in [0.05, 0.1) is 12.8 Å². The fraction of sp³-hybridized carbons (Fsp3) is 0.0625. The first-order valence-corrected chi connectivity index (χ1v) is 6.57. The second-order valence-electron chi connectivity index (χ2n) is 4.53. The minimum atomic E-state index is -0.454. The lowest BCUT2D eigenvalue weighted by molar-refractivity contribution is 0.386. The van der Waals surface area contributed by atoms with Gasteiger partial charge in [-0.15, -0.1) is 0 Å². The van der Waals surface area contributed by atoms with Crippen molar-refractivity contribution in [3.63, 3.8) is 0 Å². The summed E-state index contributed by atoms with van der Waals surface area (Å²) in [5.74, 6) is -0.703. The van der Waals surface area contributed by atoms with Crippen molar-refractivity contribution >= 4 is 17.2 Å². The number of nitrogens with zero attached hydrogens (tertiary/aromatic N) is 2. The minimum absolute atomic E-state index is 0.174. The molecule has 7 heteroatoms. The lowest BCUT2D eigenvalue weighted by Gasteiger charge is -2.07. The van der Waals surface area contributed by atoms with Gasteiger partial charge in [0, 0.05) is 0 Å². The van der Waals surface area contributed by atoms with E-state index in [1.54, 1.807) is 36.4 Å². The van der Waals surface area contributed by atoms with Gasteiger partial charge in [0.2, 0.25) is 5.71 Å². The first-order chi connectivity index (χ1) is 11.0. The summed E-state index contributed by atoms with van der Waals surface area (Å²) >= 11 is 0. The Morgan fingerprint density at radius 2 is 2.04 bits per heavy atom.